The third-order valence-electron chi connectivity index (χ3n) is 3.82. The maximum atomic E-state index is 12.7. The molecular formula is C13H19F4NO3. The first kappa shape index (κ1) is 17.7. The van der Waals surface area contributed by atoms with Crippen molar-refractivity contribution in [3.05, 3.63) is 0 Å². The van der Waals surface area contributed by atoms with Crippen molar-refractivity contribution in [1.29, 1.82) is 0 Å². The van der Waals surface area contributed by atoms with Crippen LogP contribution in [0, 0.1) is 5.41 Å². The number of aliphatic carboxylic acids is 1. The van der Waals surface area contributed by atoms with Crippen molar-refractivity contribution in [3.63, 3.8) is 0 Å². The van der Waals surface area contributed by atoms with Gasteiger partial charge < -0.3 is 10.4 Å². The highest BCUT2D eigenvalue weighted by molar-refractivity contribution is 5.78. The Labute approximate surface area is 119 Å². The summed E-state index contributed by atoms with van der Waals surface area (Å²) < 4.78 is 49.4. The first-order valence-corrected chi connectivity index (χ1v) is 6.81. The second-order valence-electron chi connectivity index (χ2n) is 5.65. The quantitative estimate of drug-likeness (QED) is 0.710. The molecule has 4 nitrogen and oxygen atoms in total. The zero-order valence-electron chi connectivity index (χ0n) is 11.5. The normalized spacial score (nSPS) is 18.5. The molecule has 0 aliphatic heterocycles. The van der Waals surface area contributed by atoms with Gasteiger partial charge in [-0.25, -0.2) is 8.78 Å². The van der Waals surface area contributed by atoms with Gasteiger partial charge in [0.1, 0.15) is 0 Å². The lowest BCUT2D eigenvalue weighted by molar-refractivity contribution is -0.142. The van der Waals surface area contributed by atoms with Gasteiger partial charge in [0.2, 0.25) is 5.91 Å². The summed E-state index contributed by atoms with van der Waals surface area (Å²) in [5, 5.41) is 10.7. The van der Waals surface area contributed by atoms with Crippen LogP contribution >= 0.6 is 0 Å². The van der Waals surface area contributed by atoms with Gasteiger partial charge in [0.25, 0.3) is 0 Å². The summed E-state index contributed by atoms with van der Waals surface area (Å²) in [7, 11) is 0. The Hall–Kier alpha value is -1.34. The number of halogens is 4. The minimum Gasteiger partial charge on any atom is -0.481 e. The third kappa shape index (κ3) is 5.51. The maximum Gasteiger partial charge on any atom is 0.324 e. The first-order valence-electron chi connectivity index (χ1n) is 6.81. The molecule has 0 bridgehead atoms. The van der Waals surface area contributed by atoms with E-state index in [4.69, 9.17) is 5.11 Å². The van der Waals surface area contributed by atoms with E-state index in [1.807, 2.05) is 0 Å². The van der Waals surface area contributed by atoms with Crippen LogP contribution in [0.3, 0.4) is 0 Å². The number of rotatable bonds is 7. The maximum absolute atomic E-state index is 12.7. The Bertz CT molecular complexity index is 382. The second-order valence-corrected chi connectivity index (χ2v) is 5.65. The van der Waals surface area contributed by atoms with Crippen LogP contribution in [0.25, 0.3) is 0 Å². The molecule has 0 atom stereocenters. The largest absolute Gasteiger partial charge is 0.481 e. The zero-order valence-corrected chi connectivity index (χ0v) is 11.5. The average Bonchev–Trinajstić information content (AvgIpc) is 2.36. The molecule has 122 valence electrons. The van der Waals surface area contributed by atoms with Crippen LogP contribution < -0.4 is 5.32 Å². The minimum atomic E-state index is -4.28. The van der Waals surface area contributed by atoms with Gasteiger partial charge in [-0.3, -0.25) is 9.59 Å². The molecule has 21 heavy (non-hydrogen) atoms. The highest BCUT2D eigenvalue weighted by Gasteiger charge is 2.42. The van der Waals surface area contributed by atoms with Gasteiger partial charge in [-0.2, -0.15) is 8.78 Å². The number of carboxylic acids is 1. The van der Waals surface area contributed by atoms with Crippen molar-refractivity contribution in [1.82, 2.24) is 5.32 Å². The predicted molar refractivity (Wildman–Crippen MR) is 66.3 cm³/mol. The molecule has 1 aliphatic carbocycles. The number of carbonyl (C=O) groups excluding carboxylic acids is 1. The molecule has 0 heterocycles. The van der Waals surface area contributed by atoms with E-state index >= 15 is 0 Å². The number of hydrogen-bond donors (Lipinski definition) is 2. The number of hydrogen-bond acceptors (Lipinski definition) is 2. The Balaban J connectivity index is 2.58. The van der Waals surface area contributed by atoms with Crippen molar-refractivity contribution in [2.24, 2.45) is 5.41 Å². The van der Waals surface area contributed by atoms with Crippen molar-refractivity contribution in [3.8, 4) is 0 Å². The molecule has 0 spiro atoms. The number of carbonyl (C=O) groups is 2. The Morgan fingerprint density at radius 1 is 1.14 bits per heavy atom. The lowest BCUT2D eigenvalue weighted by Gasteiger charge is -2.35. The van der Waals surface area contributed by atoms with Gasteiger partial charge in [0.05, 0.1) is 13.0 Å². The summed E-state index contributed by atoms with van der Waals surface area (Å²) >= 11 is 0. The van der Waals surface area contributed by atoms with E-state index in [1.165, 1.54) is 0 Å². The summed E-state index contributed by atoms with van der Waals surface area (Å²) in [6.07, 6.45) is -0.755. The first-order chi connectivity index (χ1) is 9.67. The lowest BCUT2D eigenvalue weighted by Crippen LogP contribution is -2.43. The van der Waals surface area contributed by atoms with E-state index in [0.717, 1.165) is 19.3 Å². The van der Waals surface area contributed by atoms with Crippen molar-refractivity contribution >= 4 is 11.9 Å². The minimum absolute atomic E-state index is 0.217. The highest BCUT2D eigenvalue weighted by atomic mass is 19.3. The molecule has 1 fully saturated rings. The molecule has 1 rings (SSSR count). The molecule has 0 aromatic heterocycles. The standard InChI is InChI=1S/C13H19F4NO3/c14-11(15)13(16,17)8-18-9(19)6-12(7-10(20)21)4-2-1-3-5-12/h11H,1-8H2,(H,18,19)(H,20,21). The van der Waals surface area contributed by atoms with Gasteiger partial charge in [0.15, 0.2) is 0 Å². The van der Waals surface area contributed by atoms with Crippen LogP contribution in [0.15, 0.2) is 0 Å². The van der Waals surface area contributed by atoms with Crippen molar-refractivity contribution in [2.75, 3.05) is 6.54 Å². The van der Waals surface area contributed by atoms with Crippen LogP contribution in [0.1, 0.15) is 44.9 Å². The molecule has 0 saturated heterocycles. The SMILES string of the molecule is O=C(O)CC1(CC(=O)NCC(F)(F)C(F)F)CCCCC1. The average molecular weight is 313 g/mol. The molecule has 0 aromatic rings. The number of amides is 1. The van der Waals surface area contributed by atoms with Gasteiger partial charge in [-0.1, -0.05) is 19.3 Å². The molecule has 0 unspecified atom stereocenters. The van der Waals surface area contributed by atoms with Gasteiger partial charge in [0, 0.05) is 6.42 Å². The fourth-order valence-electron chi connectivity index (χ4n) is 2.74. The molecule has 1 amide bonds. The summed E-state index contributed by atoms with van der Waals surface area (Å²) in [6.45, 7) is -1.44. The number of nitrogens with one attached hydrogen (secondary N) is 1. The lowest BCUT2D eigenvalue weighted by atomic mass is 9.69. The van der Waals surface area contributed by atoms with Crippen LogP contribution in [-0.4, -0.2) is 35.9 Å². The molecular weight excluding hydrogens is 294 g/mol. The Kier molecular flexibility index (Phi) is 5.98. The fourth-order valence-corrected chi connectivity index (χ4v) is 2.74. The van der Waals surface area contributed by atoms with Gasteiger partial charge in [-0.05, 0) is 18.3 Å². The number of carboxylic acid groups (broad SMARTS) is 1. The molecule has 0 radical (unpaired) electrons. The van der Waals surface area contributed by atoms with Crippen molar-refractivity contribution < 1.29 is 32.3 Å². The second kappa shape index (κ2) is 7.09. The molecule has 1 aliphatic rings. The topological polar surface area (TPSA) is 66.4 Å². The Morgan fingerprint density at radius 2 is 1.71 bits per heavy atom. The summed E-state index contributed by atoms with van der Waals surface area (Å²) in [4.78, 5) is 22.6. The monoisotopic (exact) mass is 313 g/mol. The molecule has 0 aromatic carbocycles. The summed E-state index contributed by atoms with van der Waals surface area (Å²) in [5.74, 6) is -6.14. The van der Waals surface area contributed by atoms with E-state index in [1.54, 1.807) is 5.32 Å². The summed E-state index contributed by atoms with van der Waals surface area (Å²) in [5.41, 5.74) is -0.756. The van der Waals surface area contributed by atoms with E-state index in [9.17, 15) is 27.2 Å². The molecule has 8 heteroatoms. The third-order valence-corrected chi connectivity index (χ3v) is 3.82. The van der Waals surface area contributed by atoms with E-state index in [-0.39, 0.29) is 12.8 Å². The van der Waals surface area contributed by atoms with E-state index < -0.39 is 36.2 Å². The van der Waals surface area contributed by atoms with Crippen LogP contribution in [-0.2, 0) is 9.59 Å². The fraction of sp³-hybridized carbons (Fsp3) is 0.846. The van der Waals surface area contributed by atoms with E-state index in [2.05, 4.69) is 0 Å². The molecule has 2 N–H and O–H groups in total. The number of alkyl halides is 4. The Morgan fingerprint density at radius 3 is 2.19 bits per heavy atom. The van der Waals surface area contributed by atoms with Crippen LogP contribution in [0.2, 0.25) is 0 Å². The van der Waals surface area contributed by atoms with Crippen LogP contribution in [0.4, 0.5) is 17.6 Å². The summed E-state index contributed by atoms with van der Waals surface area (Å²) in [6, 6.07) is 0. The predicted octanol–water partition coefficient (Wildman–Crippen LogP) is 2.82. The van der Waals surface area contributed by atoms with Gasteiger partial charge in [-0.15, -0.1) is 0 Å². The smallest absolute Gasteiger partial charge is 0.324 e. The van der Waals surface area contributed by atoms with Crippen molar-refractivity contribution in [2.45, 2.75) is 57.3 Å². The van der Waals surface area contributed by atoms with Crippen LogP contribution in [0.5, 0.6) is 0 Å². The highest BCUT2D eigenvalue weighted by Crippen LogP contribution is 2.42. The zero-order chi connectivity index (χ0) is 16.1. The van der Waals surface area contributed by atoms with Gasteiger partial charge >= 0.3 is 18.3 Å². The molecule has 1 saturated carbocycles. The van der Waals surface area contributed by atoms with E-state index in [0.29, 0.717) is 12.8 Å².